The Balaban J connectivity index is 1.93. The summed E-state index contributed by atoms with van der Waals surface area (Å²) in [7, 11) is 0. The van der Waals surface area contributed by atoms with E-state index in [1.165, 1.54) is 19.3 Å². The number of amides is 1. The van der Waals surface area contributed by atoms with Gasteiger partial charge in [0.15, 0.2) is 0 Å². The Morgan fingerprint density at radius 2 is 2.39 bits per heavy atom. The van der Waals surface area contributed by atoms with Gasteiger partial charge in [-0.3, -0.25) is 4.79 Å². The van der Waals surface area contributed by atoms with Gasteiger partial charge < -0.3 is 15.0 Å². The molecule has 0 saturated carbocycles. The van der Waals surface area contributed by atoms with Crippen molar-refractivity contribution in [2.24, 2.45) is 5.41 Å². The molecule has 18 heavy (non-hydrogen) atoms. The number of piperidine rings is 1. The van der Waals surface area contributed by atoms with E-state index in [4.69, 9.17) is 4.74 Å². The highest BCUT2D eigenvalue weighted by Crippen LogP contribution is 2.34. The molecule has 104 valence electrons. The number of hydrogen-bond donors (Lipinski definition) is 1. The van der Waals surface area contributed by atoms with Crippen LogP contribution in [0.15, 0.2) is 0 Å². The van der Waals surface area contributed by atoms with Crippen molar-refractivity contribution in [3.63, 3.8) is 0 Å². The number of nitrogens with zero attached hydrogens (tertiary/aromatic N) is 1. The van der Waals surface area contributed by atoms with Crippen LogP contribution in [0, 0.1) is 5.41 Å². The van der Waals surface area contributed by atoms with Gasteiger partial charge in [0.1, 0.15) is 6.04 Å². The Morgan fingerprint density at radius 1 is 1.56 bits per heavy atom. The van der Waals surface area contributed by atoms with Gasteiger partial charge in [0, 0.05) is 19.6 Å². The maximum atomic E-state index is 12.4. The van der Waals surface area contributed by atoms with Crippen LogP contribution in [0.5, 0.6) is 0 Å². The van der Waals surface area contributed by atoms with Crippen molar-refractivity contribution in [3.8, 4) is 0 Å². The van der Waals surface area contributed by atoms with Gasteiger partial charge in [0.05, 0.1) is 13.2 Å². The zero-order valence-corrected chi connectivity index (χ0v) is 11.7. The van der Waals surface area contributed by atoms with Gasteiger partial charge in [-0.15, -0.1) is 0 Å². The van der Waals surface area contributed by atoms with E-state index in [1.807, 2.05) is 4.90 Å². The molecule has 4 heteroatoms. The number of morpholine rings is 1. The second-order valence-electron chi connectivity index (χ2n) is 6.01. The lowest BCUT2D eigenvalue weighted by Crippen LogP contribution is -2.55. The molecular formula is C14H26N2O2. The minimum Gasteiger partial charge on any atom is -0.378 e. The molecule has 1 N–H and O–H groups in total. The van der Waals surface area contributed by atoms with E-state index < -0.39 is 0 Å². The SMILES string of the molecule is CCCC1(C)CCCN(C(=O)C2COCCN2)C1. The van der Waals surface area contributed by atoms with Crippen LogP contribution < -0.4 is 5.32 Å². The average molecular weight is 254 g/mol. The first-order chi connectivity index (χ1) is 8.64. The summed E-state index contributed by atoms with van der Waals surface area (Å²) in [6.45, 7) is 8.41. The van der Waals surface area contributed by atoms with Crippen molar-refractivity contribution in [1.29, 1.82) is 0 Å². The third-order valence-electron chi connectivity index (χ3n) is 4.17. The van der Waals surface area contributed by atoms with Gasteiger partial charge in [-0.1, -0.05) is 20.3 Å². The lowest BCUT2D eigenvalue weighted by molar-refractivity contribution is -0.139. The lowest BCUT2D eigenvalue weighted by Gasteiger charge is -2.42. The van der Waals surface area contributed by atoms with Crippen LogP contribution >= 0.6 is 0 Å². The first-order valence-corrected chi connectivity index (χ1v) is 7.24. The van der Waals surface area contributed by atoms with E-state index >= 15 is 0 Å². The topological polar surface area (TPSA) is 41.6 Å². The summed E-state index contributed by atoms with van der Waals surface area (Å²) in [6.07, 6.45) is 4.80. The highest BCUT2D eigenvalue weighted by atomic mass is 16.5. The zero-order chi connectivity index (χ0) is 13.0. The number of carbonyl (C=O) groups excluding carboxylic acids is 1. The first-order valence-electron chi connectivity index (χ1n) is 7.24. The number of carbonyl (C=O) groups is 1. The van der Waals surface area contributed by atoms with E-state index in [1.54, 1.807) is 0 Å². The standard InChI is InChI=1S/C14H26N2O2/c1-3-5-14(2)6-4-8-16(11-14)13(17)12-10-18-9-7-15-12/h12,15H,3-11H2,1-2H3. The van der Waals surface area contributed by atoms with E-state index in [2.05, 4.69) is 19.2 Å². The average Bonchev–Trinajstić information content (AvgIpc) is 2.39. The molecule has 2 atom stereocenters. The normalized spacial score (nSPS) is 33.4. The van der Waals surface area contributed by atoms with E-state index in [0.717, 1.165) is 32.7 Å². The Bertz CT molecular complexity index is 286. The maximum absolute atomic E-state index is 12.4. The van der Waals surface area contributed by atoms with Crippen LogP contribution in [0.4, 0.5) is 0 Å². The monoisotopic (exact) mass is 254 g/mol. The van der Waals surface area contributed by atoms with Crippen LogP contribution in [0.25, 0.3) is 0 Å². The minimum absolute atomic E-state index is 0.122. The van der Waals surface area contributed by atoms with Gasteiger partial charge in [0.25, 0.3) is 0 Å². The van der Waals surface area contributed by atoms with Gasteiger partial charge in [0.2, 0.25) is 5.91 Å². The van der Waals surface area contributed by atoms with Crippen molar-refractivity contribution in [2.75, 3.05) is 32.8 Å². The molecule has 4 nitrogen and oxygen atoms in total. The smallest absolute Gasteiger partial charge is 0.242 e. The number of likely N-dealkylation sites (tertiary alicyclic amines) is 1. The molecule has 0 radical (unpaired) electrons. The second kappa shape index (κ2) is 6.02. The molecule has 0 aromatic heterocycles. The molecule has 2 saturated heterocycles. The molecule has 0 aromatic carbocycles. The molecule has 2 aliphatic rings. The molecular weight excluding hydrogens is 228 g/mol. The second-order valence-corrected chi connectivity index (χ2v) is 6.01. The van der Waals surface area contributed by atoms with Crippen molar-refractivity contribution in [3.05, 3.63) is 0 Å². The summed E-state index contributed by atoms with van der Waals surface area (Å²) in [5.41, 5.74) is 0.318. The van der Waals surface area contributed by atoms with Crippen LogP contribution in [0.3, 0.4) is 0 Å². The molecule has 0 aromatic rings. The summed E-state index contributed by atoms with van der Waals surface area (Å²) in [6, 6.07) is -0.122. The fourth-order valence-electron chi connectivity index (χ4n) is 3.26. The highest BCUT2D eigenvalue weighted by molar-refractivity contribution is 5.82. The summed E-state index contributed by atoms with van der Waals surface area (Å²) in [4.78, 5) is 14.5. The fourth-order valence-corrected chi connectivity index (χ4v) is 3.26. The fraction of sp³-hybridized carbons (Fsp3) is 0.929. The van der Waals surface area contributed by atoms with Crippen molar-refractivity contribution in [1.82, 2.24) is 10.2 Å². The molecule has 0 bridgehead atoms. The van der Waals surface area contributed by atoms with E-state index in [0.29, 0.717) is 12.0 Å². The molecule has 2 rings (SSSR count). The zero-order valence-electron chi connectivity index (χ0n) is 11.7. The molecule has 2 unspecified atom stereocenters. The van der Waals surface area contributed by atoms with Gasteiger partial charge in [-0.2, -0.15) is 0 Å². The van der Waals surface area contributed by atoms with Crippen LogP contribution in [0.1, 0.15) is 39.5 Å². The Morgan fingerprint density at radius 3 is 3.06 bits per heavy atom. The van der Waals surface area contributed by atoms with E-state index in [9.17, 15) is 4.79 Å². The molecule has 2 aliphatic heterocycles. The van der Waals surface area contributed by atoms with Crippen molar-refractivity contribution in [2.45, 2.75) is 45.6 Å². The summed E-state index contributed by atoms with van der Waals surface area (Å²) < 4.78 is 5.38. The number of nitrogens with one attached hydrogen (secondary N) is 1. The quantitative estimate of drug-likeness (QED) is 0.828. The van der Waals surface area contributed by atoms with Crippen molar-refractivity contribution < 1.29 is 9.53 Å². The van der Waals surface area contributed by atoms with Gasteiger partial charge in [-0.05, 0) is 24.7 Å². The maximum Gasteiger partial charge on any atom is 0.242 e. The number of ether oxygens (including phenoxy) is 1. The van der Waals surface area contributed by atoms with Crippen molar-refractivity contribution >= 4 is 5.91 Å². The first kappa shape index (κ1) is 13.8. The third-order valence-corrected chi connectivity index (χ3v) is 4.17. The Labute approximate surface area is 110 Å². The van der Waals surface area contributed by atoms with Gasteiger partial charge >= 0.3 is 0 Å². The largest absolute Gasteiger partial charge is 0.378 e. The molecule has 2 fully saturated rings. The van der Waals surface area contributed by atoms with Crippen LogP contribution in [-0.4, -0.2) is 49.7 Å². The molecule has 1 amide bonds. The molecule has 0 aliphatic carbocycles. The minimum atomic E-state index is -0.122. The number of hydrogen-bond acceptors (Lipinski definition) is 3. The predicted octanol–water partition coefficient (Wildman–Crippen LogP) is 1.40. The summed E-state index contributed by atoms with van der Waals surface area (Å²) in [5, 5.41) is 3.26. The molecule has 0 spiro atoms. The highest BCUT2D eigenvalue weighted by Gasteiger charge is 2.35. The van der Waals surface area contributed by atoms with E-state index in [-0.39, 0.29) is 11.9 Å². The number of rotatable bonds is 3. The Hall–Kier alpha value is -0.610. The summed E-state index contributed by atoms with van der Waals surface area (Å²) >= 11 is 0. The van der Waals surface area contributed by atoms with Crippen LogP contribution in [-0.2, 0) is 9.53 Å². The van der Waals surface area contributed by atoms with Gasteiger partial charge in [-0.25, -0.2) is 0 Å². The predicted molar refractivity (Wildman–Crippen MR) is 71.4 cm³/mol. The lowest BCUT2D eigenvalue weighted by atomic mass is 9.78. The van der Waals surface area contributed by atoms with Crippen LogP contribution in [0.2, 0.25) is 0 Å². The third kappa shape index (κ3) is 3.23. The molecule has 2 heterocycles. The Kier molecular flexibility index (Phi) is 4.62. The summed E-state index contributed by atoms with van der Waals surface area (Å²) in [5.74, 6) is 0.233.